The molecule has 0 saturated heterocycles. The van der Waals surface area contributed by atoms with E-state index in [2.05, 4.69) is 10.5 Å². The number of alkyl halides is 1. The molecule has 128 valence electrons. The predicted octanol–water partition coefficient (Wildman–Crippen LogP) is 5.05. The second-order valence-electron chi connectivity index (χ2n) is 5.16. The van der Waals surface area contributed by atoms with Crippen LogP contribution in [0, 0.1) is 5.82 Å². The third-order valence-corrected chi connectivity index (χ3v) is 4.54. The number of carbonyl (C=O) groups is 1. The Labute approximate surface area is 153 Å². The summed E-state index contributed by atoms with van der Waals surface area (Å²) >= 11 is 6.93. The van der Waals surface area contributed by atoms with Crippen molar-refractivity contribution in [3.05, 3.63) is 54.3 Å². The van der Waals surface area contributed by atoms with Crippen molar-refractivity contribution >= 4 is 35.0 Å². The summed E-state index contributed by atoms with van der Waals surface area (Å²) in [7, 11) is 0. The van der Waals surface area contributed by atoms with Gasteiger partial charge in [-0.3, -0.25) is 4.79 Å². The molecule has 3 aromatic rings. The van der Waals surface area contributed by atoms with Gasteiger partial charge < -0.3 is 9.84 Å². The number of aromatic nitrogens is 1. The smallest absolute Gasteiger partial charge is 0.239 e. The minimum Gasteiger partial charge on any atom is -0.356 e. The normalized spacial score (nSPS) is 10.7. The molecule has 25 heavy (non-hydrogen) atoms. The summed E-state index contributed by atoms with van der Waals surface area (Å²) in [6, 6.07) is 13.6. The largest absolute Gasteiger partial charge is 0.356 e. The Bertz CT molecular complexity index is 914. The fraction of sp³-hybridized carbons (Fsp3) is 0.111. The predicted molar refractivity (Wildman–Crippen MR) is 98.5 cm³/mol. The van der Waals surface area contributed by atoms with Gasteiger partial charge in [0.15, 0.2) is 5.76 Å². The molecule has 0 radical (unpaired) electrons. The first-order valence-corrected chi connectivity index (χ1v) is 9.14. The Morgan fingerprint density at radius 1 is 1.28 bits per heavy atom. The van der Waals surface area contributed by atoms with Crippen molar-refractivity contribution in [3.63, 3.8) is 0 Å². The highest BCUT2D eigenvalue weighted by atomic mass is 35.5. The van der Waals surface area contributed by atoms with Crippen LogP contribution in [0.15, 0.2) is 57.9 Å². The van der Waals surface area contributed by atoms with Gasteiger partial charge in [0.1, 0.15) is 17.4 Å². The van der Waals surface area contributed by atoms with Crippen molar-refractivity contribution in [1.29, 1.82) is 0 Å². The lowest BCUT2D eigenvalue weighted by atomic mass is 10.1. The zero-order valence-electron chi connectivity index (χ0n) is 13.3. The molecule has 0 aliphatic rings. The maximum atomic E-state index is 14.2. The average Bonchev–Trinajstić information content (AvgIpc) is 3.11. The summed E-state index contributed by atoms with van der Waals surface area (Å²) in [6.07, 6.45) is 1.88. The lowest BCUT2D eigenvalue weighted by Crippen LogP contribution is -2.12. The van der Waals surface area contributed by atoms with Crippen LogP contribution in [0.1, 0.15) is 0 Å². The molecule has 1 amide bonds. The lowest BCUT2D eigenvalue weighted by molar-refractivity contribution is -0.113. The van der Waals surface area contributed by atoms with E-state index in [1.807, 2.05) is 18.4 Å². The van der Waals surface area contributed by atoms with Gasteiger partial charge in [-0.1, -0.05) is 23.4 Å². The Morgan fingerprint density at radius 3 is 2.84 bits per heavy atom. The first-order valence-electron chi connectivity index (χ1n) is 7.38. The van der Waals surface area contributed by atoms with Crippen molar-refractivity contribution in [2.75, 3.05) is 17.5 Å². The van der Waals surface area contributed by atoms with Gasteiger partial charge in [-0.2, -0.15) is 0 Å². The SMILES string of the molecule is CSc1cccc(F)c1-c1cc(-c2cccc(NC(=O)CCl)c2)on1. The van der Waals surface area contributed by atoms with Gasteiger partial charge in [0, 0.05) is 22.2 Å². The second kappa shape index (κ2) is 7.72. The fourth-order valence-corrected chi connectivity index (χ4v) is 3.08. The summed E-state index contributed by atoms with van der Waals surface area (Å²) in [4.78, 5) is 12.2. The number of thioether (sulfide) groups is 1. The first kappa shape index (κ1) is 17.5. The molecule has 2 aromatic carbocycles. The van der Waals surface area contributed by atoms with Crippen molar-refractivity contribution < 1.29 is 13.7 Å². The van der Waals surface area contributed by atoms with Crippen LogP contribution in [-0.2, 0) is 4.79 Å². The highest BCUT2D eigenvalue weighted by molar-refractivity contribution is 7.98. The molecule has 7 heteroatoms. The number of hydrogen-bond acceptors (Lipinski definition) is 4. The van der Waals surface area contributed by atoms with E-state index in [0.717, 1.165) is 4.90 Å². The van der Waals surface area contributed by atoms with E-state index in [1.54, 1.807) is 30.3 Å². The molecule has 0 aliphatic carbocycles. The van der Waals surface area contributed by atoms with Crippen LogP contribution >= 0.6 is 23.4 Å². The number of halogens is 2. The highest BCUT2D eigenvalue weighted by Crippen LogP contribution is 2.34. The third-order valence-electron chi connectivity index (χ3n) is 3.51. The molecule has 0 saturated carbocycles. The molecule has 4 nitrogen and oxygen atoms in total. The number of nitrogens with one attached hydrogen (secondary N) is 1. The summed E-state index contributed by atoms with van der Waals surface area (Å²) in [5, 5.41) is 6.67. The maximum Gasteiger partial charge on any atom is 0.239 e. The Hall–Kier alpha value is -2.31. The molecule has 0 bridgehead atoms. The van der Waals surface area contributed by atoms with Crippen LogP contribution in [0.4, 0.5) is 10.1 Å². The Kier molecular flexibility index (Phi) is 5.40. The summed E-state index contributed by atoms with van der Waals surface area (Å²) in [5.41, 5.74) is 2.15. The number of benzene rings is 2. The van der Waals surface area contributed by atoms with Gasteiger partial charge in [0.2, 0.25) is 5.91 Å². The average molecular weight is 377 g/mol. The summed E-state index contributed by atoms with van der Waals surface area (Å²) in [6.45, 7) is 0. The minimum absolute atomic E-state index is 0.124. The molecule has 0 fully saturated rings. The van der Waals surface area contributed by atoms with Crippen molar-refractivity contribution in [3.8, 4) is 22.6 Å². The van der Waals surface area contributed by atoms with Gasteiger partial charge >= 0.3 is 0 Å². The summed E-state index contributed by atoms with van der Waals surface area (Å²) < 4.78 is 19.6. The van der Waals surface area contributed by atoms with Crippen LogP contribution in [0.3, 0.4) is 0 Å². The Balaban J connectivity index is 1.95. The highest BCUT2D eigenvalue weighted by Gasteiger charge is 2.16. The molecule has 1 aromatic heterocycles. The zero-order chi connectivity index (χ0) is 17.8. The van der Waals surface area contributed by atoms with Crippen LogP contribution in [0.5, 0.6) is 0 Å². The van der Waals surface area contributed by atoms with E-state index in [4.69, 9.17) is 16.1 Å². The molecule has 1 heterocycles. The molecule has 0 aliphatic heterocycles. The third kappa shape index (κ3) is 3.86. The summed E-state index contributed by atoms with van der Waals surface area (Å²) in [5.74, 6) is -0.295. The van der Waals surface area contributed by atoms with Crippen LogP contribution in [-0.4, -0.2) is 23.2 Å². The number of nitrogens with zero attached hydrogens (tertiary/aromatic N) is 1. The van der Waals surface area contributed by atoms with Gasteiger partial charge in [-0.15, -0.1) is 23.4 Å². The van der Waals surface area contributed by atoms with E-state index >= 15 is 0 Å². The van der Waals surface area contributed by atoms with Gasteiger partial charge in [-0.05, 0) is 30.5 Å². The number of anilines is 1. The fourth-order valence-electron chi connectivity index (χ4n) is 2.40. The van der Waals surface area contributed by atoms with E-state index in [9.17, 15) is 9.18 Å². The van der Waals surface area contributed by atoms with Gasteiger partial charge in [0.25, 0.3) is 0 Å². The van der Waals surface area contributed by atoms with E-state index in [0.29, 0.717) is 28.3 Å². The minimum atomic E-state index is -0.352. The number of amides is 1. The number of rotatable bonds is 5. The van der Waals surface area contributed by atoms with Crippen LogP contribution in [0.2, 0.25) is 0 Å². The van der Waals surface area contributed by atoms with Crippen molar-refractivity contribution in [2.45, 2.75) is 4.90 Å². The second-order valence-corrected chi connectivity index (χ2v) is 6.27. The topological polar surface area (TPSA) is 55.1 Å². The maximum absolute atomic E-state index is 14.2. The lowest BCUT2D eigenvalue weighted by Gasteiger charge is -2.05. The number of hydrogen-bond donors (Lipinski definition) is 1. The molecular weight excluding hydrogens is 363 g/mol. The van der Waals surface area contributed by atoms with Crippen LogP contribution < -0.4 is 5.32 Å². The zero-order valence-corrected chi connectivity index (χ0v) is 14.8. The number of carbonyl (C=O) groups excluding carboxylic acids is 1. The quantitative estimate of drug-likeness (QED) is 0.500. The standard InChI is InChI=1S/C18H14ClFN2O2S/c1-25-16-7-3-6-13(20)18(16)14-9-15(24-22-14)11-4-2-5-12(8-11)21-17(23)10-19/h2-9H,10H2,1H3,(H,21,23). The van der Waals surface area contributed by atoms with Gasteiger partial charge in [0.05, 0.1) is 5.56 Å². The van der Waals surface area contributed by atoms with E-state index in [1.165, 1.54) is 17.8 Å². The monoisotopic (exact) mass is 376 g/mol. The molecule has 1 N–H and O–H groups in total. The molecule has 0 atom stereocenters. The van der Waals surface area contributed by atoms with Crippen molar-refractivity contribution in [2.24, 2.45) is 0 Å². The molecule has 0 unspecified atom stereocenters. The van der Waals surface area contributed by atoms with Crippen LogP contribution in [0.25, 0.3) is 22.6 Å². The first-order chi connectivity index (χ1) is 12.1. The van der Waals surface area contributed by atoms with E-state index < -0.39 is 0 Å². The van der Waals surface area contributed by atoms with E-state index in [-0.39, 0.29) is 17.6 Å². The van der Waals surface area contributed by atoms with Gasteiger partial charge in [-0.25, -0.2) is 4.39 Å². The molecular formula is C18H14ClFN2O2S. The molecule has 3 rings (SSSR count). The molecule has 0 spiro atoms. The van der Waals surface area contributed by atoms with Crippen molar-refractivity contribution in [1.82, 2.24) is 5.16 Å². The Morgan fingerprint density at radius 2 is 2.08 bits per heavy atom.